The van der Waals surface area contributed by atoms with Crippen molar-refractivity contribution in [2.45, 2.75) is 26.8 Å². The number of hydrogen-bond acceptors (Lipinski definition) is 3. The standard InChI is InChI=1S/C12H18FNO2.ClH/c1-9(14-15)12(2,3)8-16-11-6-4-10(13)5-7-11;/h4-7,9,14-15H,8H2,1-3H3;1H. The van der Waals surface area contributed by atoms with Gasteiger partial charge in [-0.05, 0) is 31.2 Å². The maximum atomic E-state index is 12.6. The van der Waals surface area contributed by atoms with Gasteiger partial charge in [-0.2, -0.15) is 0 Å². The molecule has 0 radical (unpaired) electrons. The van der Waals surface area contributed by atoms with Gasteiger partial charge in [0.2, 0.25) is 0 Å². The number of hydrogen-bond donors (Lipinski definition) is 2. The molecule has 3 nitrogen and oxygen atoms in total. The minimum absolute atomic E-state index is 0. The molecule has 0 aliphatic carbocycles. The summed E-state index contributed by atoms with van der Waals surface area (Å²) in [5.41, 5.74) is 1.99. The summed E-state index contributed by atoms with van der Waals surface area (Å²) in [6.07, 6.45) is 0. The van der Waals surface area contributed by atoms with Crippen molar-refractivity contribution in [3.63, 3.8) is 0 Å². The Balaban J connectivity index is 0.00000256. The lowest BCUT2D eigenvalue weighted by atomic mass is 9.87. The number of rotatable bonds is 5. The van der Waals surface area contributed by atoms with Crippen molar-refractivity contribution in [2.75, 3.05) is 6.61 Å². The van der Waals surface area contributed by atoms with Gasteiger partial charge in [0.25, 0.3) is 0 Å². The molecule has 0 amide bonds. The zero-order chi connectivity index (χ0) is 12.2. The summed E-state index contributed by atoms with van der Waals surface area (Å²) >= 11 is 0. The van der Waals surface area contributed by atoms with E-state index in [1.807, 2.05) is 20.8 Å². The zero-order valence-corrected chi connectivity index (χ0v) is 11.1. The number of ether oxygens (including phenoxy) is 1. The Morgan fingerprint density at radius 2 is 1.88 bits per heavy atom. The van der Waals surface area contributed by atoms with E-state index in [0.29, 0.717) is 12.4 Å². The van der Waals surface area contributed by atoms with E-state index in [1.54, 1.807) is 12.1 Å². The fourth-order valence-electron chi connectivity index (χ4n) is 1.10. The summed E-state index contributed by atoms with van der Waals surface area (Å²) in [4.78, 5) is 0. The molecule has 5 heteroatoms. The summed E-state index contributed by atoms with van der Waals surface area (Å²) in [5.74, 6) is 0.344. The van der Waals surface area contributed by atoms with E-state index in [1.165, 1.54) is 12.1 Å². The lowest BCUT2D eigenvalue weighted by molar-refractivity contribution is 0.0462. The first-order chi connectivity index (χ1) is 7.45. The fraction of sp³-hybridized carbons (Fsp3) is 0.500. The van der Waals surface area contributed by atoms with E-state index in [2.05, 4.69) is 5.48 Å². The van der Waals surface area contributed by atoms with Gasteiger partial charge in [0.15, 0.2) is 0 Å². The van der Waals surface area contributed by atoms with Crippen LogP contribution in [0.1, 0.15) is 20.8 Å². The minimum Gasteiger partial charge on any atom is -0.493 e. The highest BCUT2D eigenvalue weighted by molar-refractivity contribution is 5.85. The quantitative estimate of drug-likeness (QED) is 0.803. The minimum atomic E-state index is -0.281. The van der Waals surface area contributed by atoms with Gasteiger partial charge in [0, 0.05) is 11.5 Å². The summed E-state index contributed by atoms with van der Waals surface area (Å²) < 4.78 is 18.2. The highest BCUT2D eigenvalue weighted by Crippen LogP contribution is 2.22. The van der Waals surface area contributed by atoms with Crippen LogP contribution in [0.5, 0.6) is 5.75 Å². The third kappa shape index (κ3) is 4.89. The third-order valence-corrected chi connectivity index (χ3v) is 2.79. The molecule has 1 rings (SSSR count). The maximum Gasteiger partial charge on any atom is 0.123 e. The fourth-order valence-corrected chi connectivity index (χ4v) is 1.10. The van der Waals surface area contributed by atoms with Crippen LogP contribution >= 0.6 is 12.4 Å². The monoisotopic (exact) mass is 263 g/mol. The topological polar surface area (TPSA) is 41.5 Å². The normalized spacial score (nSPS) is 12.8. The van der Waals surface area contributed by atoms with Crippen molar-refractivity contribution in [1.29, 1.82) is 0 Å². The van der Waals surface area contributed by atoms with E-state index in [0.717, 1.165) is 0 Å². The molecule has 1 aromatic carbocycles. The van der Waals surface area contributed by atoms with Crippen molar-refractivity contribution < 1.29 is 14.3 Å². The lowest BCUT2D eigenvalue weighted by Crippen LogP contribution is -2.41. The predicted octanol–water partition coefficient (Wildman–Crippen LogP) is 3.02. The van der Waals surface area contributed by atoms with E-state index in [-0.39, 0.29) is 29.7 Å². The van der Waals surface area contributed by atoms with Crippen LogP contribution < -0.4 is 10.2 Å². The zero-order valence-electron chi connectivity index (χ0n) is 10.2. The Morgan fingerprint density at radius 3 is 2.35 bits per heavy atom. The molecule has 17 heavy (non-hydrogen) atoms. The Morgan fingerprint density at radius 1 is 1.35 bits per heavy atom. The molecule has 0 fully saturated rings. The second kappa shape index (κ2) is 6.79. The molecule has 0 saturated carbocycles. The second-order valence-electron chi connectivity index (χ2n) is 4.58. The highest BCUT2D eigenvalue weighted by atomic mass is 35.5. The van der Waals surface area contributed by atoms with Gasteiger partial charge in [-0.3, -0.25) is 0 Å². The average molecular weight is 264 g/mol. The molecule has 1 aromatic rings. The first-order valence-electron chi connectivity index (χ1n) is 5.24. The molecule has 0 aliphatic heterocycles. The highest BCUT2D eigenvalue weighted by Gasteiger charge is 2.26. The van der Waals surface area contributed by atoms with Crippen LogP contribution in [0.15, 0.2) is 24.3 Å². The molecule has 0 aromatic heterocycles. The van der Waals surface area contributed by atoms with E-state index in [4.69, 9.17) is 9.94 Å². The van der Waals surface area contributed by atoms with Gasteiger partial charge in [0.1, 0.15) is 11.6 Å². The van der Waals surface area contributed by atoms with E-state index >= 15 is 0 Å². The maximum absolute atomic E-state index is 12.6. The van der Waals surface area contributed by atoms with Gasteiger partial charge in [0.05, 0.1) is 6.61 Å². The first kappa shape index (κ1) is 16.2. The summed E-state index contributed by atoms with van der Waals surface area (Å²) in [7, 11) is 0. The van der Waals surface area contributed by atoms with Crippen molar-refractivity contribution in [1.82, 2.24) is 5.48 Å². The lowest BCUT2D eigenvalue weighted by Gasteiger charge is -2.30. The summed E-state index contributed by atoms with van der Waals surface area (Å²) in [6.45, 7) is 6.26. The second-order valence-corrected chi connectivity index (χ2v) is 4.58. The number of benzene rings is 1. The first-order valence-corrected chi connectivity index (χ1v) is 5.24. The van der Waals surface area contributed by atoms with Crippen molar-refractivity contribution in [3.05, 3.63) is 30.1 Å². The Kier molecular flexibility index (Phi) is 6.45. The SMILES string of the molecule is CC(NO)C(C)(C)COc1ccc(F)cc1.Cl. The van der Waals surface area contributed by atoms with E-state index in [9.17, 15) is 4.39 Å². The third-order valence-electron chi connectivity index (χ3n) is 2.79. The number of nitrogens with one attached hydrogen (secondary N) is 1. The number of hydroxylamine groups is 1. The van der Waals surface area contributed by atoms with Crippen molar-refractivity contribution in [3.8, 4) is 5.75 Å². The van der Waals surface area contributed by atoms with Crippen LogP contribution in [-0.4, -0.2) is 17.9 Å². The smallest absolute Gasteiger partial charge is 0.123 e. The van der Waals surface area contributed by atoms with Gasteiger partial charge in [-0.25, -0.2) is 9.87 Å². The Hall–Kier alpha value is -0.840. The summed E-state index contributed by atoms with van der Waals surface area (Å²) in [6, 6.07) is 5.80. The molecule has 0 heterocycles. The Bertz CT molecular complexity index is 330. The van der Waals surface area contributed by atoms with Gasteiger partial charge in [-0.15, -0.1) is 12.4 Å². The van der Waals surface area contributed by atoms with Gasteiger partial charge < -0.3 is 9.94 Å². The van der Waals surface area contributed by atoms with Crippen LogP contribution in [-0.2, 0) is 0 Å². The van der Waals surface area contributed by atoms with Crippen LogP contribution in [0.4, 0.5) is 4.39 Å². The molecule has 0 aliphatic rings. The molecular weight excluding hydrogens is 245 g/mol. The molecule has 0 saturated heterocycles. The Labute approximate surface area is 107 Å². The molecular formula is C12H19ClFNO2. The molecule has 0 spiro atoms. The van der Waals surface area contributed by atoms with Crippen LogP contribution in [0, 0.1) is 11.2 Å². The van der Waals surface area contributed by atoms with Crippen molar-refractivity contribution in [2.24, 2.45) is 5.41 Å². The van der Waals surface area contributed by atoms with Crippen LogP contribution in [0.3, 0.4) is 0 Å². The molecule has 0 bridgehead atoms. The largest absolute Gasteiger partial charge is 0.493 e. The van der Waals surface area contributed by atoms with Crippen LogP contribution in [0.2, 0.25) is 0 Å². The molecule has 1 atom stereocenters. The van der Waals surface area contributed by atoms with Gasteiger partial charge >= 0.3 is 0 Å². The van der Waals surface area contributed by atoms with Gasteiger partial charge in [-0.1, -0.05) is 13.8 Å². The summed E-state index contributed by atoms with van der Waals surface area (Å²) in [5, 5.41) is 8.85. The molecule has 1 unspecified atom stereocenters. The van der Waals surface area contributed by atoms with Crippen LogP contribution in [0.25, 0.3) is 0 Å². The number of halogens is 2. The average Bonchev–Trinajstić information content (AvgIpc) is 2.27. The van der Waals surface area contributed by atoms with Crippen molar-refractivity contribution >= 4 is 12.4 Å². The molecule has 98 valence electrons. The molecule has 2 N–H and O–H groups in total. The predicted molar refractivity (Wildman–Crippen MR) is 67.3 cm³/mol. The van der Waals surface area contributed by atoms with E-state index < -0.39 is 0 Å².